The Labute approximate surface area is 222 Å². The van der Waals surface area contributed by atoms with Crippen molar-refractivity contribution in [3.8, 4) is 0 Å². The topological polar surface area (TPSA) is 121 Å². The first-order valence-electron chi connectivity index (χ1n) is 12.2. The Kier molecular flexibility index (Phi) is 7.07. The largest absolute Gasteiger partial charge is 0.374 e. The van der Waals surface area contributed by atoms with Crippen molar-refractivity contribution in [2.45, 2.75) is 19.4 Å². The van der Waals surface area contributed by atoms with E-state index in [2.05, 4.69) is 31.5 Å². The number of amides is 2. The number of anilines is 1. The Morgan fingerprint density at radius 2 is 1.84 bits per heavy atom. The van der Waals surface area contributed by atoms with E-state index in [0.717, 1.165) is 16.3 Å². The highest BCUT2D eigenvalue weighted by Crippen LogP contribution is 2.35. The summed E-state index contributed by atoms with van der Waals surface area (Å²) < 4.78 is 0.463. The molecule has 1 atom stereocenters. The van der Waals surface area contributed by atoms with Crippen LogP contribution in [-0.4, -0.2) is 76.8 Å². The SMILES string of the molecule is Cc1ccc2c(C(=O)N3CCC(Nc4c(C(=O)N5CCNCC5)cc(Br)cc4[N+](=O)[O-])C3)cncc2c1. The molecule has 192 valence electrons. The Balaban J connectivity index is 1.40. The van der Waals surface area contributed by atoms with E-state index in [0.29, 0.717) is 55.7 Å². The maximum absolute atomic E-state index is 13.4. The minimum atomic E-state index is -0.483. The number of benzene rings is 2. The third-order valence-corrected chi connectivity index (χ3v) is 7.34. The number of likely N-dealkylation sites (tertiary alicyclic amines) is 1. The van der Waals surface area contributed by atoms with Crippen LogP contribution in [-0.2, 0) is 0 Å². The second kappa shape index (κ2) is 10.4. The van der Waals surface area contributed by atoms with E-state index in [9.17, 15) is 19.7 Å². The number of nitrogens with zero attached hydrogens (tertiary/aromatic N) is 4. The number of halogens is 1. The summed E-state index contributed by atoms with van der Waals surface area (Å²) in [5, 5.41) is 20.2. The second-order valence-corrected chi connectivity index (χ2v) is 10.4. The van der Waals surface area contributed by atoms with Gasteiger partial charge in [0, 0.05) is 73.6 Å². The first kappa shape index (κ1) is 25.1. The van der Waals surface area contributed by atoms with Crippen LogP contribution in [0.3, 0.4) is 0 Å². The van der Waals surface area contributed by atoms with Crippen LogP contribution >= 0.6 is 15.9 Å². The molecule has 37 heavy (non-hydrogen) atoms. The van der Waals surface area contributed by atoms with E-state index in [1.807, 2.05) is 25.1 Å². The zero-order valence-electron chi connectivity index (χ0n) is 20.4. The quantitative estimate of drug-likeness (QED) is 0.357. The van der Waals surface area contributed by atoms with Gasteiger partial charge in [-0.1, -0.05) is 33.6 Å². The Bertz CT molecular complexity index is 1390. The molecule has 2 saturated heterocycles. The zero-order valence-corrected chi connectivity index (χ0v) is 22.0. The zero-order chi connectivity index (χ0) is 26.1. The number of carbonyl (C=O) groups excluding carboxylic acids is 2. The molecule has 0 radical (unpaired) electrons. The molecule has 10 nitrogen and oxygen atoms in total. The van der Waals surface area contributed by atoms with E-state index < -0.39 is 4.92 Å². The third kappa shape index (κ3) is 5.14. The van der Waals surface area contributed by atoms with Crippen molar-refractivity contribution in [3.05, 3.63) is 74.0 Å². The number of fused-ring (bicyclic) bond motifs is 1. The van der Waals surface area contributed by atoms with Gasteiger partial charge < -0.3 is 20.4 Å². The molecule has 0 bridgehead atoms. The van der Waals surface area contributed by atoms with E-state index in [1.165, 1.54) is 6.07 Å². The van der Waals surface area contributed by atoms with Gasteiger partial charge in [0.15, 0.2) is 0 Å². The Morgan fingerprint density at radius 1 is 1.08 bits per heavy atom. The molecule has 11 heteroatoms. The number of pyridine rings is 1. The van der Waals surface area contributed by atoms with Crippen molar-refractivity contribution >= 4 is 49.9 Å². The molecular weight excluding hydrogens is 540 g/mol. The number of hydrogen-bond acceptors (Lipinski definition) is 7. The smallest absolute Gasteiger partial charge is 0.294 e. The summed E-state index contributed by atoms with van der Waals surface area (Å²) in [6.45, 7) is 5.25. The molecule has 2 aliphatic rings. The molecule has 0 aliphatic carbocycles. The van der Waals surface area contributed by atoms with Crippen molar-refractivity contribution in [3.63, 3.8) is 0 Å². The summed E-state index contributed by atoms with van der Waals surface area (Å²) in [4.78, 5) is 45.9. The number of nitro benzene ring substituents is 1. The summed E-state index contributed by atoms with van der Waals surface area (Å²) >= 11 is 3.33. The average molecular weight is 567 g/mol. The normalized spacial score (nSPS) is 17.7. The van der Waals surface area contributed by atoms with Gasteiger partial charge in [0.25, 0.3) is 17.5 Å². The molecule has 2 N–H and O–H groups in total. The molecule has 2 fully saturated rings. The molecule has 1 unspecified atom stereocenters. The maximum atomic E-state index is 13.4. The fourth-order valence-electron chi connectivity index (χ4n) is 5.00. The predicted octanol–water partition coefficient (Wildman–Crippen LogP) is 3.59. The van der Waals surface area contributed by atoms with Crippen molar-refractivity contribution in [1.29, 1.82) is 0 Å². The number of aromatic nitrogens is 1. The summed E-state index contributed by atoms with van der Waals surface area (Å²) in [6.07, 6.45) is 3.93. The number of hydrogen-bond donors (Lipinski definition) is 2. The molecular formula is C26H27BrN6O4. The average Bonchev–Trinajstić information content (AvgIpc) is 3.37. The molecule has 1 aromatic heterocycles. The number of nitrogens with one attached hydrogen (secondary N) is 2. The van der Waals surface area contributed by atoms with Crippen molar-refractivity contribution < 1.29 is 14.5 Å². The fourth-order valence-corrected chi connectivity index (χ4v) is 5.44. The minimum absolute atomic E-state index is 0.131. The van der Waals surface area contributed by atoms with Gasteiger partial charge in [-0.25, -0.2) is 0 Å². The first-order chi connectivity index (χ1) is 17.8. The highest BCUT2D eigenvalue weighted by atomic mass is 79.9. The number of nitro groups is 1. The van der Waals surface area contributed by atoms with Crippen LogP contribution in [0.15, 0.2) is 47.2 Å². The van der Waals surface area contributed by atoms with Gasteiger partial charge >= 0.3 is 0 Å². The van der Waals surface area contributed by atoms with Crippen LogP contribution in [0.2, 0.25) is 0 Å². The van der Waals surface area contributed by atoms with Gasteiger partial charge in [-0.2, -0.15) is 0 Å². The lowest BCUT2D eigenvalue weighted by Gasteiger charge is -2.28. The van der Waals surface area contributed by atoms with Gasteiger partial charge in [0.2, 0.25) is 0 Å². The number of piperazine rings is 1. The molecule has 0 spiro atoms. The lowest BCUT2D eigenvalue weighted by molar-refractivity contribution is -0.384. The minimum Gasteiger partial charge on any atom is -0.374 e. The third-order valence-electron chi connectivity index (χ3n) is 6.88. The van der Waals surface area contributed by atoms with Crippen LogP contribution in [0.1, 0.15) is 32.7 Å². The number of carbonyl (C=O) groups is 2. The van der Waals surface area contributed by atoms with Crippen LogP contribution in [0.5, 0.6) is 0 Å². The van der Waals surface area contributed by atoms with E-state index in [4.69, 9.17) is 0 Å². The lowest BCUT2D eigenvalue weighted by Crippen LogP contribution is -2.46. The van der Waals surface area contributed by atoms with E-state index in [-0.39, 0.29) is 34.8 Å². The van der Waals surface area contributed by atoms with E-state index in [1.54, 1.807) is 28.3 Å². The van der Waals surface area contributed by atoms with Crippen molar-refractivity contribution in [2.24, 2.45) is 0 Å². The summed E-state index contributed by atoms with van der Waals surface area (Å²) in [5.74, 6) is -0.384. The Morgan fingerprint density at radius 3 is 2.59 bits per heavy atom. The summed E-state index contributed by atoms with van der Waals surface area (Å²) in [7, 11) is 0. The molecule has 3 heterocycles. The molecule has 3 aromatic rings. The van der Waals surface area contributed by atoms with Gasteiger partial charge in [-0.3, -0.25) is 24.7 Å². The summed E-state index contributed by atoms with van der Waals surface area (Å²) in [5.41, 5.74) is 1.89. The molecule has 2 amide bonds. The van der Waals surface area contributed by atoms with Gasteiger partial charge in [-0.15, -0.1) is 0 Å². The van der Waals surface area contributed by atoms with Crippen LogP contribution in [0, 0.1) is 17.0 Å². The fraction of sp³-hybridized carbons (Fsp3) is 0.346. The Hall–Kier alpha value is -3.57. The molecule has 5 rings (SSSR count). The lowest BCUT2D eigenvalue weighted by atomic mass is 10.0. The number of aryl methyl sites for hydroxylation is 1. The summed E-state index contributed by atoms with van der Waals surface area (Å²) in [6, 6.07) is 8.68. The first-order valence-corrected chi connectivity index (χ1v) is 13.0. The predicted molar refractivity (Wildman–Crippen MR) is 144 cm³/mol. The van der Waals surface area contributed by atoms with Crippen LogP contribution in [0.25, 0.3) is 10.8 Å². The monoisotopic (exact) mass is 566 g/mol. The molecule has 2 aromatic carbocycles. The molecule has 2 aliphatic heterocycles. The molecule has 0 saturated carbocycles. The van der Waals surface area contributed by atoms with E-state index >= 15 is 0 Å². The number of rotatable bonds is 5. The van der Waals surface area contributed by atoms with Gasteiger partial charge in [-0.05, 0) is 30.9 Å². The van der Waals surface area contributed by atoms with Crippen molar-refractivity contribution in [1.82, 2.24) is 20.1 Å². The maximum Gasteiger partial charge on any atom is 0.294 e. The van der Waals surface area contributed by atoms with Crippen LogP contribution in [0.4, 0.5) is 11.4 Å². The van der Waals surface area contributed by atoms with Crippen LogP contribution < -0.4 is 10.6 Å². The second-order valence-electron chi connectivity index (χ2n) is 9.44. The van der Waals surface area contributed by atoms with Crippen molar-refractivity contribution in [2.75, 3.05) is 44.6 Å². The highest BCUT2D eigenvalue weighted by Gasteiger charge is 2.32. The highest BCUT2D eigenvalue weighted by molar-refractivity contribution is 9.10. The van der Waals surface area contributed by atoms with Gasteiger partial charge in [0.05, 0.1) is 16.1 Å². The standard InChI is InChI=1S/C26H27BrN6O4/c1-16-2-3-20-17(10-16)13-29-14-22(20)26(35)32-7-4-19(15-32)30-24-21(11-18(27)12-23(24)33(36)37)25(34)31-8-5-28-6-9-31/h2-3,10-14,19,28,30H,4-9,15H2,1H3. The van der Waals surface area contributed by atoms with Gasteiger partial charge in [0.1, 0.15) is 5.69 Å².